The number of rotatable bonds is 2. The zero-order valence-electron chi connectivity index (χ0n) is 13.3. The summed E-state index contributed by atoms with van der Waals surface area (Å²) >= 11 is 0. The predicted octanol–water partition coefficient (Wildman–Crippen LogP) is 2.66. The molecule has 0 bridgehead atoms. The van der Waals surface area contributed by atoms with Crippen molar-refractivity contribution in [2.75, 3.05) is 14.2 Å². The molecular weight excluding hydrogens is 304 g/mol. The Labute approximate surface area is 140 Å². The van der Waals surface area contributed by atoms with Crippen LogP contribution in [0.1, 0.15) is 31.8 Å². The van der Waals surface area contributed by atoms with Gasteiger partial charge in [0.05, 0.1) is 25.3 Å². The van der Waals surface area contributed by atoms with Crippen LogP contribution in [-0.4, -0.2) is 26.2 Å². The Bertz CT molecular complexity index is 813. The van der Waals surface area contributed by atoms with Gasteiger partial charge in [0.2, 0.25) is 0 Å². The molecule has 0 N–H and O–H groups in total. The Hall–Kier alpha value is -3.50. The van der Waals surface area contributed by atoms with Gasteiger partial charge in [-0.15, -0.1) is 0 Å². The standard InChI is InChI=1S/C20H14O4/c1-23-19(21)17-11-5-9-15(13-17)7-3-4-8-16-10-6-12-18(14-16)20(22)24-2/h5-6,9-14H,1-2H3. The van der Waals surface area contributed by atoms with Crippen LogP contribution >= 0.6 is 0 Å². The van der Waals surface area contributed by atoms with Gasteiger partial charge < -0.3 is 9.47 Å². The van der Waals surface area contributed by atoms with Gasteiger partial charge in [-0.2, -0.15) is 0 Å². The number of ether oxygens (including phenoxy) is 2. The topological polar surface area (TPSA) is 52.6 Å². The first-order chi connectivity index (χ1) is 11.6. The Kier molecular flexibility index (Phi) is 5.77. The summed E-state index contributed by atoms with van der Waals surface area (Å²) in [5.41, 5.74) is 2.19. The van der Waals surface area contributed by atoms with Crippen molar-refractivity contribution < 1.29 is 19.1 Å². The second-order valence-electron chi connectivity index (χ2n) is 4.64. The van der Waals surface area contributed by atoms with E-state index in [0.29, 0.717) is 22.3 Å². The van der Waals surface area contributed by atoms with Gasteiger partial charge in [-0.3, -0.25) is 0 Å². The van der Waals surface area contributed by atoms with Crippen LogP contribution in [0.15, 0.2) is 48.5 Å². The molecule has 4 nitrogen and oxygen atoms in total. The molecule has 2 aromatic carbocycles. The molecule has 4 heteroatoms. The highest BCUT2D eigenvalue weighted by molar-refractivity contribution is 5.90. The number of carbonyl (C=O) groups is 2. The smallest absolute Gasteiger partial charge is 0.337 e. The van der Waals surface area contributed by atoms with Crippen LogP contribution in [0.5, 0.6) is 0 Å². The lowest BCUT2D eigenvalue weighted by atomic mass is 10.1. The van der Waals surface area contributed by atoms with Crippen molar-refractivity contribution in [3.05, 3.63) is 70.8 Å². The minimum absolute atomic E-state index is 0.413. The van der Waals surface area contributed by atoms with E-state index < -0.39 is 11.9 Å². The van der Waals surface area contributed by atoms with Gasteiger partial charge in [0.15, 0.2) is 0 Å². The highest BCUT2D eigenvalue weighted by Gasteiger charge is 2.04. The van der Waals surface area contributed by atoms with Gasteiger partial charge in [-0.1, -0.05) is 24.0 Å². The lowest BCUT2D eigenvalue weighted by Gasteiger charge is -1.98. The summed E-state index contributed by atoms with van der Waals surface area (Å²) in [6.07, 6.45) is 0. The molecule has 0 aliphatic rings. The molecule has 24 heavy (non-hydrogen) atoms. The second-order valence-corrected chi connectivity index (χ2v) is 4.64. The average Bonchev–Trinajstić information content (AvgIpc) is 2.64. The molecule has 0 atom stereocenters. The van der Waals surface area contributed by atoms with Crippen molar-refractivity contribution in [3.63, 3.8) is 0 Å². The summed E-state index contributed by atoms with van der Waals surface area (Å²) in [4.78, 5) is 22.9. The number of benzene rings is 2. The summed E-state index contributed by atoms with van der Waals surface area (Å²) in [6.45, 7) is 0. The van der Waals surface area contributed by atoms with Crippen molar-refractivity contribution in [3.8, 4) is 23.7 Å². The quantitative estimate of drug-likeness (QED) is 0.631. The molecule has 2 rings (SSSR count). The first-order valence-corrected chi connectivity index (χ1v) is 7.03. The predicted molar refractivity (Wildman–Crippen MR) is 89.3 cm³/mol. The first kappa shape index (κ1) is 16.9. The monoisotopic (exact) mass is 318 g/mol. The molecule has 118 valence electrons. The third-order valence-electron chi connectivity index (χ3n) is 3.04. The minimum Gasteiger partial charge on any atom is -0.465 e. The normalized spacial score (nSPS) is 8.92. The highest BCUT2D eigenvalue weighted by Crippen LogP contribution is 2.06. The van der Waals surface area contributed by atoms with Gasteiger partial charge >= 0.3 is 11.9 Å². The molecule has 0 amide bonds. The minimum atomic E-state index is -0.413. The fraction of sp³-hybridized carbons (Fsp3) is 0.100. The Morgan fingerprint density at radius 3 is 1.54 bits per heavy atom. The summed E-state index contributed by atoms with van der Waals surface area (Å²) < 4.78 is 9.32. The summed E-state index contributed by atoms with van der Waals surface area (Å²) in [5.74, 6) is 10.3. The molecule has 0 unspecified atom stereocenters. The second kappa shape index (κ2) is 8.22. The fourth-order valence-electron chi connectivity index (χ4n) is 1.89. The van der Waals surface area contributed by atoms with Gasteiger partial charge in [-0.25, -0.2) is 9.59 Å². The summed E-state index contributed by atoms with van der Waals surface area (Å²) in [5, 5.41) is 0. The van der Waals surface area contributed by atoms with E-state index in [0.717, 1.165) is 0 Å². The van der Waals surface area contributed by atoms with Crippen molar-refractivity contribution in [2.24, 2.45) is 0 Å². The number of hydrogen-bond acceptors (Lipinski definition) is 4. The number of esters is 2. The maximum absolute atomic E-state index is 11.5. The van der Waals surface area contributed by atoms with Crippen LogP contribution in [0.2, 0.25) is 0 Å². The van der Waals surface area contributed by atoms with E-state index in [-0.39, 0.29) is 0 Å². The maximum atomic E-state index is 11.5. The maximum Gasteiger partial charge on any atom is 0.337 e. The molecular formula is C20H14O4. The molecule has 0 fully saturated rings. The third kappa shape index (κ3) is 4.50. The summed E-state index contributed by atoms with van der Waals surface area (Å²) in [6, 6.07) is 13.6. The molecule has 2 aromatic rings. The zero-order chi connectivity index (χ0) is 17.4. The molecule has 0 heterocycles. The lowest BCUT2D eigenvalue weighted by molar-refractivity contribution is 0.0592. The van der Waals surface area contributed by atoms with Crippen LogP contribution in [0.3, 0.4) is 0 Å². The molecule has 0 spiro atoms. The van der Waals surface area contributed by atoms with Crippen LogP contribution in [0, 0.1) is 23.7 Å². The first-order valence-electron chi connectivity index (χ1n) is 7.03. The van der Waals surface area contributed by atoms with E-state index >= 15 is 0 Å². The van der Waals surface area contributed by atoms with Gasteiger partial charge in [0.25, 0.3) is 0 Å². The Morgan fingerprint density at radius 1 is 0.750 bits per heavy atom. The number of carbonyl (C=O) groups excluding carboxylic acids is 2. The zero-order valence-corrected chi connectivity index (χ0v) is 13.3. The van der Waals surface area contributed by atoms with E-state index in [4.69, 9.17) is 0 Å². The largest absolute Gasteiger partial charge is 0.465 e. The van der Waals surface area contributed by atoms with E-state index in [2.05, 4.69) is 33.2 Å². The van der Waals surface area contributed by atoms with Gasteiger partial charge in [0.1, 0.15) is 0 Å². The molecule has 0 saturated carbocycles. The van der Waals surface area contributed by atoms with E-state index in [9.17, 15) is 9.59 Å². The van der Waals surface area contributed by atoms with Gasteiger partial charge in [-0.05, 0) is 48.2 Å². The van der Waals surface area contributed by atoms with Crippen LogP contribution in [-0.2, 0) is 9.47 Å². The third-order valence-corrected chi connectivity index (χ3v) is 3.04. The lowest BCUT2D eigenvalue weighted by Crippen LogP contribution is -2.00. The molecule has 0 aromatic heterocycles. The van der Waals surface area contributed by atoms with E-state index in [1.165, 1.54) is 14.2 Å². The molecule has 0 aliphatic heterocycles. The van der Waals surface area contributed by atoms with E-state index in [1.807, 2.05) is 0 Å². The van der Waals surface area contributed by atoms with Crippen LogP contribution in [0.25, 0.3) is 0 Å². The molecule has 0 radical (unpaired) electrons. The average molecular weight is 318 g/mol. The van der Waals surface area contributed by atoms with Crippen molar-refractivity contribution in [1.82, 2.24) is 0 Å². The Morgan fingerprint density at radius 2 is 1.17 bits per heavy atom. The Balaban J connectivity index is 2.16. The number of hydrogen-bond donors (Lipinski definition) is 0. The number of methoxy groups -OCH3 is 2. The fourth-order valence-corrected chi connectivity index (χ4v) is 1.89. The van der Waals surface area contributed by atoms with Crippen LogP contribution < -0.4 is 0 Å². The molecule has 0 aliphatic carbocycles. The van der Waals surface area contributed by atoms with E-state index in [1.54, 1.807) is 48.5 Å². The van der Waals surface area contributed by atoms with Gasteiger partial charge in [0, 0.05) is 11.1 Å². The highest BCUT2D eigenvalue weighted by atomic mass is 16.5. The SMILES string of the molecule is COC(=O)c1cccc(C#CC#Cc2cccc(C(=O)OC)c2)c1. The summed E-state index contributed by atoms with van der Waals surface area (Å²) in [7, 11) is 2.66. The van der Waals surface area contributed by atoms with Crippen molar-refractivity contribution in [1.29, 1.82) is 0 Å². The van der Waals surface area contributed by atoms with Crippen LogP contribution in [0.4, 0.5) is 0 Å². The molecule has 0 saturated heterocycles. The van der Waals surface area contributed by atoms with Crippen molar-refractivity contribution >= 4 is 11.9 Å². The van der Waals surface area contributed by atoms with Crippen molar-refractivity contribution in [2.45, 2.75) is 0 Å².